The molecule has 0 bridgehead atoms. The van der Waals surface area contributed by atoms with Crippen molar-refractivity contribution < 1.29 is 26.7 Å². The van der Waals surface area contributed by atoms with Crippen LogP contribution in [0, 0.1) is 17.8 Å². The van der Waals surface area contributed by atoms with Crippen molar-refractivity contribution in [1.82, 2.24) is 9.97 Å². The average Bonchev–Trinajstić information content (AvgIpc) is 3.10. The molecule has 0 unspecified atom stereocenters. The normalized spacial score (nSPS) is 28.3. The molecule has 2 aliphatic carbocycles. The molecule has 0 amide bonds. The van der Waals surface area contributed by atoms with Crippen molar-refractivity contribution in [3.05, 3.63) is 11.3 Å². The molecule has 10 heteroatoms. The number of anilines is 1. The predicted molar refractivity (Wildman–Crippen MR) is 95.9 cm³/mol. The van der Waals surface area contributed by atoms with Crippen LogP contribution in [0.5, 0.6) is 0 Å². The molecular weight excluding hydrogens is 392 g/mol. The van der Waals surface area contributed by atoms with Gasteiger partial charge in [0.25, 0.3) is 5.92 Å². The number of piperidine rings is 1. The Morgan fingerprint density at radius 1 is 1.25 bits per heavy atom. The van der Waals surface area contributed by atoms with Gasteiger partial charge in [-0.05, 0) is 37.0 Å². The van der Waals surface area contributed by atoms with Crippen LogP contribution in [0.4, 0.5) is 14.6 Å². The van der Waals surface area contributed by atoms with Gasteiger partial charge in [-0.25, -0.2) is 18.4 Å². The number of carbonyl (C=O) groups is 1. The molecule has 0 spiro atoms. The Morgan fingerprint density at radius 3 is 2.54 bits per heavy atom. The standard InChI is InChI=1S/C18H23F2N3O4S/c1-27-14(24)7-11-12-8-23(9-13(11)12)16-10-5-3-4-6-18(19,20)15(10)21-17(22-16)28(2,25)26/h11-13H,3-9H2,1-2H3/t11-,12-,13+. The SMILES string of the molecule is COC(=O)C[C@@H]1[C@H]2CN(c3nc(S(C)(=O)=O)nc4c3CCCCC4(F)F)C[C@@H]12. The number of hydrogen-bond acceptors (Lipinski definition) is 7. The Balaban J connectivity index is 1.68. The highest BCUT2D eigenvalue weighted by Gasteiger charge is 2.57. The largest absolute Gasteiger partial charge is 0.469 e. The fraction of sp³-hybridized carbons (Fsp3) is 0.722. The van der Waals surface area contributed by atoms with E-state index in [-0.39, 0.29) is 30.1 Å². The van der Waals surface area contributed by atoms with Crippen molar-refractivity contribution >= 4 is 21.6 Å². The van der Waals surface area contributed by atoms with Crippen molar-refractivity contribution in [3.8, 4) is 0 Å². The maximum atomic E-state index is 14.7. The van der Waals surface area contributed by atoms with Gasteiger partial charge < -0.3 is 9.64 Å². The monoisotopic (exact) mass is 415 g/mol. The highest BCUT2D eigenvalue weighted by atomic mass is 32.2. The van der Waals surface area contributed by atoms with E-state index in [0.717, 1.165) is 6.26 Å². The Kier molecular flexibility index (Phi) is 4.59. The number of methoxy groups -OCH3 is 1. The van der Waals surface area contributed by atoms with Crippen molar-refractivity contribution in [1.29, 1.82) is 0 Å². The van der Waals surface area contributed by atoms with Crippen LogP contribution in [-0.4, -0.2) is 50.8 Å². The minimum absolute atomic E-state index is 0.236. The van der Waals surface area contributed by atoms with Crippen molar-refractivity contribution in [2.75, 3.05) is 31.4 Å². The number of aromatic nitrogens is 2. The second kappa shape index (κ2) is 6.60. The molecule has 1 saturated carbocycles. The van der Waals surface area contributed by atoms with Crippen molar-refractivity contribution in [3.63, 3.8) is 0 Å². The molecule has 2 heterocycles. The van der Waals surface area contributed by atoms with Crippen LogP contribution >= 0.6 is 0 Å². The third-order valence-corrected chi connectivity index (χ3v) is 6.96. The molecule has 1 aromatic heterocycles. The maximum absolute atomic E-state index is 14.7. The van der Waals surface area contributed by atoms with E-state index < -0.39 is 26.6 Å². The summed E-state index contributed by atoms with van der Waals surface area (Å²) in [6.07, 6.45) is 2.29. The molecular formula is C18H23F2N3O4S. The summed E-state index contributed by atoms with van der Waals surface area (Å²) in [5, 5.41) is -0.547. The number of halogens is 2. The molecule has 1 aromatic rings. The first-order valence-corrected chi connectivity index (χ1v) is 11.3. The van der Waals surface area contributed by atoms with E-state index in [0.29, 0.717) is 50.2 Å². The van der Waals surface area contributed by atoms with E-state index in [2.05, 4.69) is 9.97 Å². The molecule has 7 nitrogen and oxygen atoms in total. The highest BCUT2D eigenvalue weighted by Crippen LogP contribution is 2.55. The van der Waals surface area contributed by atoms with Crippen LogP contribution in [-0.2, 0) is 31.7 Å². The number of sulfone groups is 1. The summed E-state index contributed by atoms with van der Waals surface area (Å²) >= 11 is 0. The third-order valence-electron chi connectivity index (χ3n) is 6.11. The van der Waals surface area contributed by atoms with Gasteiger partial charge >= 0.3 is 5.97 Å². The van der Waals surface area contributed by atoms with E-state index in [9.17, 15) is 22.0 Å². The zero-order valence-electron chi connectivity index (χ0n) is 15.8. The minimum Gasteiger partial charge on any atom is -0.469 e. The molecule has 3 atom stereocenters. The predicted octanol–water partition coefficient (Wildman–Crippen LogP) is 1.94. The minimum atomic E-state index is -3.83. The van der Waals surface area contributed by atoms with Gasteiger partial charge in [0.1, 0.15) is 11.5 Å². The van der Waals surface area contributed by atoms with Gasteiger partial charge in [0.05, 0.1) is 7.11 Å². The van der Waals surface area contributed by atoms with Gasteiger partial charge in [-0.3, -0.25) is 4.79 Å². The van der Waals surface area contributed by atoms with Gasteiger partial charge in [0.2, 0.25) is 15.0 Å². The van der Waals surface area contributed by atoms with Crippen LogP contribution < -0.4 is 4.90 Å². The number of esters is 1. The van der Waals surface area contributed by atoms with Crippen LogP contribution in [0.15, 0.2) is 5.16 Å². The number of nitrogens with zero attached hydrogens (tertiary/aromatic N) is 3. The fourth-order valence-electron chi connectivity index (χ4n) is 4.58. The Morgan fingerprint density at radius 2 is 1.93 bits per heavy atom. The summed E-state index contributed by atoms with van der Waals surface area (Å²) in [5.74, 6) is -2.31. The summed E-state index contributed by atoms with van der Waals surface area (Å²) in [4.78, 5) is 21.4. The second-order valence-corrected chi connectivity index (χ2v) is 9.93. The van der Waals surface area contributed by atoms with Crippen LogP contribution in [0.3, 0.4) is 0 Å². The summed E-state index contributed by atoms with van der Waals surface area (Å²) in [6, 6.07) is 0. The van der Waals surface area contributed by atoms with Gasteiger partial charge in [0, 0.05) is 37.8 Å². The molecule has 1 aliphatic heterocycles. The summed E-state index contributed by atoms with van der Waals surface area (Å²) in [7, 11) is -2.47. The number of carbonyl (C=O) groups excluding carboxylic acids is 1. The molecule has 1 saturated heterocycles. The summed E-state index contributed by atoms with van der Waals surface area (Å²) in [6.45, 7) is 1.15. The van der Waals surface area contributed by atoms with Gasteiger partial charge in [-0.2, -0.15) is 8.78 Å². The molecule has 0 aromatic carbocycles. The first-order valence-electron chi connectivity index (χ1n) is 9.43. The molecule has 2 fully saturated rings. The van der Waals surface area contributed by atoms with Crippen LogP contribution in [0.2, 0.25) is 0 Å². The lowest BCUT2D eigenvalue weighted by Gasteiger charge is -2.26. The highest BCUT2D eigenvalue weighted by molar-refractivity contribution is 7.90. The number of ether oxygens (including phenoxy) is 1. The van der Waals surface area contributed by atoms with Crippen molar-refractivity contribution in [2.24, 2.45) is 17.8 Å². The lowest BCUT2D eigenvalue weighted by Crippen LogP contribution is -2.29. The summed E-state index contributed by atoms with van der Waals surface area (Å²) < 4.78 is 58.1. The van der Waals surface area contributed by atoms with E-state index >= 15 is 0 Å². The lowest BCUT2D eigenvalue weighted by molar-refractivity contribution is -0.141. The topological polar surface area (TPSA) is 89.5 Å². The quantitative estimate of drug-likeness (QED) is 0.422. The molecule has 3 aliphatic rings. The van der Waals surface area contributed by atoms with Gasteiger partial charge in [0.15, 0.2) is 0 Å². The number of fused-ring (bicyclic) bond motifs is 2. The molecule has 154 valence electrons. The first-order chi connectivity index (χ1) is 13.1. The maximum Gasteiger partial charge on any atom is 0.305 e. The van der Waals surface area contributed by atoms with Crippen LogP contribution in [0.25, 0.3) is 0 Å². The zero-order valence-corrected chi connectivity index (χ0v) is 16.6. The third kappa shape index (κ3) is 3.35. The van der Waals surface area contributed by atoms with E-state index in [1.165, 1.54) is 7.11 Å². The van der Waals surface area contributed by atoms with Crippen LogP contribution in [0.1, 0.15) is 36.9 Å². The average molecular weight is 415 g/mol. The van der Waals surface area contributed by atoms with Gasteiger partial charge in [-0.1, -0.05) is 0 Å². The van der Waals surface area contributed by atoms with E-state index in [1.807, 2.05) is 4.90 Å². The van der Waals surface area contributed by atoms with Crippen molar-refractivity contribution in [2.45, 2.75) is 43.2 Å². The first kappa shape index (κ1) is 19.5. The number of alkyl halides is 2. The molecule has 0 N–H and O–H groups in total. The molecule has 0 radical (unpaired) electrons. The molecule has 28 heavy (non-hydrogen) atoms. The van der Waals surface area contributed by atoms with E-state index in [1.54, 1.807) is 0 Å². The zero-order chi connectivity index (χ0) is 20.3. The Labute approximate surface area is 162 Å². The Bertz CT molecular complexity index is 910. The lowest BCUT2D eigenvalue weighted by atomic mass is 10.1. The smallest absolute Gasteiger partial charge is 0.305 e. The fourth-order valence-corrected chi connectivity index (χ4v) is 5.09. The number of rotatable bonds is 4. The molecule has 4 rings (SSSR count). The number of hydrogen-bond donors (Lipinski definition) is 0. The second-order valence-electron chi connectivity index (χ2n) is 8.02. The summed E-state index contributed by atoms with van der Waals surface area (Å²) in [5.41, 5.74) is -0.0807. The Hall–Kier alpha value is -1.84. The van der Waals surface area contributed by atoms with Gasteiger partial charge in [-0.15, -0.1) is 0 Å². The van der Waals surface area contributed by atoms with E-state index in [4.69, 9.17) is 4.74 Å².